The van der Waals surface area contributed by atoms with Gasteiger partial charge < -0.3 is 5.32 Å². The molecule has 1 rings (SSSR count). The molecule has 1 atom stereocenters. The summed E-state index contributed by atoms with van der Waals surface area (Å²) in [5.74, 6) is -0.225. The van der Waals surface area contributed by atoms with E-state index in [0.29, 0.717) is 12.0 Å². The van der Waals surface area contributed by atoms with Crippen LogP contribution in [0.1, 0.15) is 39.2 Å². The molecule has 6 heteroatoms. The first-order valence-corrected chi connectivity index (χ1v) is 6.59. The first-order chi connectivity index (χ1) is 8.97. The number of H-pyrrole nitrogens is 1. The van der Waals surface area contributed by atoms with Gasteiger partial charge in [0, 0.05) is 17.8 Å². The Balaban J connectivity index is 2.79. The molecule has 1 unspecified atom stereocenters. The van der Waals surface area contributed by atoms with Crippen molar-refractivity contribution >= 4 is 5.91 Å². The monoisotopic (exact) mass is 267 g/mol. The molecule has 0 aliphatic heterocycles. The Kier molecular flexibility index (Phi) is 5.54. The molecular formula is C13H21N3O3. The molecule has 0 radical (unpaired) electrons. The third kappa shape index (κ3) is 4.39. The molecular weight excluding hydrogens is 246 g/mol. The SMILES string of the molecule is CCCC(C)NC(=O)Cn1cc(CC)c(=O)[nH]c1=O. The molecule has 1 aromatic heterocycles. The molecule has 0 fully saturated rings. The van der Waals surface area contributed by atoms with Gasteiger partial charge in [0.2, 0.25) is 5.91 Å². The smallest absolute Gasteiger partial charge is 0.328 e. The number of carbonyl (C=O) groups excluding carboxylic acids is 1. The Labute approximate surface area is 111 Å². The van der Waals surface area contributed by atoms with E-state index < -0.39 is 5.69 Å². The summed E-state index contributed by atoms with van der Waals surface area (Å²) in [6.07, 6.45) is 3.85. The summed E-state index contributed by atoms with van der Waals surface area (Å²) < 4.78 is 1.23. The predicted octanol–water partition coefficient (Wildman–Crippen LogP) is 0.404. The van der Waals surface area contributed by atoms with Crippen molar-refractivity contribution in [2.45, 2.75) is 52.6 Å². The van der Waals surface area contributed by atoms with Gasteiger partial charge in [0.05, 0.1) is 0 Å². The number of hydrogen-bond donors (Lipinski definition) is 2. The number of amides is 1. The molecule has 1 aromatic rings. The molecule has 0 spiro atoms. The molecule has 6 nitrogen and oxygen atoms in total. The number of aromatic nitrogens is 2. The molecule has 0 aliphatic rings. The number of carbonyl (C=O) groups is 1. The Bertz CT molecular complexity index is 545. The lowest BCUT2D eigenvalue weighted by atomic mass is 10.2. The van der Waals surface area contributed by atoms with Crippen LogP contribution >= 0.6 is 0 Å². The van der Waals surface area contributed by atoms with Crippen LogP contribution in [0.2, 0.25) is 0 Å². The van der Waals surface area contributed by atoms with Gasteiger partial charge in [0.15, 0.2) is 0 Å². The Morgan fingerprint density at radius 1 is 1.42 bits per heavy atom. The zero-order valence-electron chi connectivity index (χ0n) is 11.7. The number of aromatic amines is 1. The quantitative estimate of drug-likeness (QED) is 0.782. The fraction of sp³-hybridized carbons (Fsp3) is 0.615. The molecule has 106 valence electrons. The lowest BCUT2D eigenvalue weighted by Crippen LogP contribution is -2.39. The van der Waals surface area contributed by atoms with Crippen molar-refractivity contribution in [3.8, 4) is 0 Å². The Morgan fingerprint density at radius 2 is 2.11 bits per heavy atom. The topological polar surface area (TPSA) is 84.0 Å². The van der Waals surface area contributed by atoms with Crippen LogP contribution in [-0.4, -0.2) is 21.5 Å². The normalized spacial score (nSPS) is 12.2. The summed E-state index contributed by atoms with van der Waals surface area (Å²) in [7, 11) is 0. The summed E-state index contributed by atoms with van der Waals surface area (Å²) in [4.78, 5) is 37.0. The van der Waals surface area contributed by atoms with E-state index in [2.05, 4.69) is 10.3 Å². The summed E-state index contributed by atoms with van der Waals surface area (Å²) in [5, 5.41) is 2.82. The van der Waals surface area contributed by atoms with Gasteiger partial charge in [-0.05, 0) is 19.8 Å². The van der Waals surface area contributed by atoms with Crippen LogP contribution in [0.4, 0.5) is 0 Å². The Hall–Kier alpha value is -1.85. The van der Waals surface area contributed by atoms with Crippen LogP contribution in [0.5, 0.6) is 0 Å². The second-order valence-corrected chi connectivity index (χ2v) is 4.65. The average molecular weight is 267 g/mol. The lowest BCUT2D eigenvalue weighted by Gasteiger charge is -2.13. The van der Waals surface area contributed by atoms with Crippen molar-refractivity contribution in [3.05, 3.63) is 32.6 Å². The molecule has 0 aromatic carbocycles. The highest BCUT2D eigenvalue weighted by molar-refractivity contribution is 5.75. The number of aryl methyl sites for hydroxylation is 1. The van der Waals surface area contributed by atoms with Gasteiger partial charge in [-0.3, -0.25) is 19.1 Å². The van der Waals surface area contributed by atoms with Crippen LogP contribution in [-0.2, 0) is 17.8 Å². The second kappa shape index (κ2) is 6.92. The maximum absolute atomic E-state index is 11.8. The van der Waals surface area contributed by atoms with E-state index >= 15 is 0 Å². The minimum Gasteiger partial charge on any atom is -0.352 e. The minimum absolute atomic E-state index is 0.0728. The van der Waals surface area contributed by atoms with Crippen molar-refractivity contribution in [1.29, 1.82) is 0 Å². The van der Waals surface area contributed by atoms with E-state index in [1.54, 1.807) is 0 Å². The number of nitrogens with one attached hydrogen (secondary N) is 2. The molecule has 19 heavy (non-hydrogen) atoms. The van der Waals surface area contributed by atoms with E-state index in [-0.39, 0.29) is 24.1 Å². The second-order valence-electron chi connectivity index (χ2n) is 4.65. The van der Waals surface area contributed by atoms with Crippen LogP contribution in [0.25, 0.3) is 0 Å². The fourth-order valence-corrected chi connectivity index (χ4v) is 1.90. The molecule has 0 bridgehead atoms. The Morgan fingerprint density at radius 3 is 2.68 bits per heavy atom. The third-order valence-electron chi connectivity index (χ3n) is 2.91. The fourth-order valence-electron chi connectivity index (χ4n) is 1.90. The maximum Gasteiger partial charge on any atom is 0.328 e. The predicted molar refractivity (Wildman–Crippen MR) is 73.2 cm³/mol. The molecule has 1 amide bonds. The molecule has 1 heterocycles. The van der Waals surface area contributed by atoms with Gasteiger partial charge in [-0.2, -0.15) is 0 Å². The van der Waals surface area contributed by atoms with Gasteiger partial charge in [0.1, 0.15) is 6.54 Å². The van der Waals surface area contributed by atoms with Crippen molar-refractivity contribution in [1.82, 2.24) is 14.9 Å². The zero-order chi connectivity index (χ0) is 14.4. The van der Waals surface area contributed by atoms with Crippen LogP contribution in [0.15, 0.2) is 15.8 Å². The standard InChI is InChI=1S/C13H21N3O3/c1-4-6-9(3)14-11(17)8-16-7-10(5-2)12(18)15-13(16)19/h7,9H,4-6,8H2,1-3H3,(H,14,17)(H,15,18,19). The van der Waals surface area contributed by atoms with Crippen molar-refractivity contribution in [2.24, 2.45) is 0 Å². The summed E-state index contributed by atoms with van der Waals surface area (Å²) in [5.41, 5.74) is -0.446. The van der Waals surface area contributed by atoms with Crippen molar-refractivity contribution < 1.29 is 4.79 Å². The van der Waals surface area contributed by atoms with Crippen LogP contribution < -0.4 is 16.6 Å². The first kappa shape index (κ1) is 15.2. The largest absolute Gasteiger partial charge is 0.352 e. The maximum atomic E-state index is 11.8. The number of hydrogen-bond acceptors (Lipinski definition) is 3. The minimum atomic E-state index is -0.555. The van der Waals surface area contributed by atoms with E-state index in [1.807, 2.05) is 20.8 Å². The van der Waals surface area contributed by atoms with E-state index in [4.69, 9.17) is 0 Å². The van der Waals surface area contributed by atoms with Crippen molar-refractivity contribution in [3.63, 3.8) is 0 Å². The highest BCUT2D eigenvalue weighted by atomic mass is 16.2. The zero-order valence-corrected chi connectivity index (χ0v) is 11.7. The summed E-state index contributed by atoms with van der Waals surface area (Å²) in [6, 6.07) is 0.0848. The van der Waals surface area contributed by atoms with Crippen LogP contribution in [0.3, 0.4) is 0 Å². The average Bonchev–Trinajstić information content (AvgIpc) is 2.32. The highest BCUT2D eigenvalue weighted by Crippen LogP contribution is 1.95. The highest BCUT2D eigenvalue weighted by Gasteiger charge is 2.09. The number of nitrogens with zero attached hydrogens (tertiary/aromatic N) is 1. The first-order valence-electron chi connectivity index (χ1n) is 6.59. The lowest BCUT2D eigenvalue weighted by molar-refractivity contribution is -0.122. The molecule has 0 aliphatic carbocycles. The molecule has 0 saturated carbocycles. The van der Waals surface area contributed by atoms with Crippen LogP contribution in [0, 0.1) is 0 Å². The summed E-state index contributed by atoms with van der Waals surface area (Å²) >= 11 is 0. The van der Waals surface area contributed by atoms with Gasteiger partial charge >= 0.3 is 5.69 Å². The van der Waals surface area contributed by atoms with Gasteiger partial charge in [0.25, 0.3) is 5.56 Å². The van der Waals surface area contributed by atoms with E-state index in [9.17, 15) is 14.4 Å². The van der Waals surface area contributed by atoms with E-state index in [0.717, 1.165) is 12.8 Å². The summed E-state index contributed by atoms with van der Waals surface area (Å²) in [6.45, 7) is 5.72. The molecule has 2 N–H and O–H groups in total. The number of rotatable bonds is 6. The van der Waals surface area contributed by atoms with Crippen molar-refractivity contribution in [2.75, 3.05) is 0 Å². The van der Waals surface area contributed by atoms with Gasteiger partial charge in [-0.1, -0.05) is 20.3 Å². The van der Waals surface area contributed by atoms with Gasteiger partial charge in [-0.15, -0.1) is 0 Å². The third-order valence-corrected chi connectivity index (χ3v) is 2.91. The molecule has 0 saturated heterocycles. The van der Waals surface area contributed by atoms with Gasteiger partial charge in [-0.25, -0.2) is 4.79 Å². The van der Waals surface area contributed by atoms with E-state index in [1.165, 1.54) is 10.8 Å².